The molecule has 0 aromatic carbocycles. The van der Waals surface area contributed by atoms with E-state index in [0.717, 1.165) is 52.0 Å². The molecule has 0 unspecified atom stereocenters. The van der Waals surface area contributed by atoms with Gasteiger partial charge in [-0.05, 0) is 71.5 Å². The van der Waals surface area contributed by atoms with Gasteiger partial charge in [0, 0.05) is 26.2 Å². The number of urea groups is 1. The third-order valence-electron chi connectivity index (χ3n) is 4.79. The topological polar surface area (TPSA) is 44.8 Å². The van der Waals surface area contributed by atoms with E-state index in [1.54, 1.807) is 0 Å². The predicted octanol–water partition coefficient (Wildman–Crippen LogP) is 2.46. The van der Waals surface area contributed by atoms with Gasteiger partial charge in [-0.1, -0.05) is 0 Å². The van der Waals surface area contributed by atoms with Gasteiger partial charge in [-0.3, -0.25) is 0 Å². The molecule has 2 saturated heterocycles. The molecule has 2 fully saturated rings. The highest BCUT2D eigenvalue weighted by Gasteiger charge is 2.16. The Labute approximate surface area is 135 Å². The Kier molecular flexibility index (Phi) is 8.02. The van der Waals surface area contributed by atoms with Crippen LogP contribution in [0.2, 0.25) is 0 Å². The third-order valence-corrected chi connectivity index (χ3v) is 4.79. The van der Waals surface area contributed by atoms with Gasteiger partial charge in [0.2, 0.25) is 0 Å². The molecule has 2 aliphatic rings. The fraction of sp³-hybridized carbons (Fsp3) is 0.941. The smallest absolute Gasteiger partial charge is 0.317 e. The lowest BCUT2D eigenvalue weighted by Gasteiger charge is -2.25. The molecule has 0 spiro atoms. The van der Waals surface area contributed by atoms with E-state index in [4.69, 9.17) is 4.74 Å². The zero-order chi connectivity index (χ0) is 15.6. The van der Waals surface area contributed by atoms with Gasteiger partial charge in [-0.2, -0.15) is 0 Å². The molecule has 0 aromatic heterocycles. The van der Waals surface area contributed by atoms with E-state index in [1.807, 2.05) is 4.90 Å². The highest BCUT2D eigenvalue weighted by Crippen LogP contribution is 2.14. The predicted molar refractivity (Wildman–Crippen MR) is 89.1 cm³/mol. The van der Waals surface area contributed by atoms with E-state index in [9.17, 15) is 4.79 Å². The van der Waals surface area contributed by atoms with E-state index in [2.05, 4.69) is 17.1 Å². The SMILES string of the molecule is CCN(CCCN1CCCC1)C(=O)NCC[C@H]1CCCCO1. The van der Waals surface area contributed by atoms with Crippen molar-refractivity contribution >= 4 is 6.03 Å². The van der Waals surface area contributed by atoms with Gasteiger partial charge in [0.25, 0.3) is 0 Å². The summed E-state index contributed by atoms with van der Waals surface area (Å²) < 4.78 is 5.70. The summed E-state index contributed by atoms with van der Waals surface area (Å²) in [4.78, 5) is 16.6. The van der Waals surface area contributed by atoms with Crippen molar-refractivity contribution in [3.63, 3.8) is 0 Å². The fourth-order valence-corrected chi connectivity index (χ4v) is 3.38. The Morgan fingerprint density at radius 3 is 2.77 bits per heavy atom. The van der Waals surface area contributed by atoms with Crippen LogP contribution in [0.3, 0.4) is 0 Å². The molecule has 5 nitrogen and oxygen atoms in total. The number of hydrogen-bond donors (Lipinski definition) is 1. The molecule has 0 aromatic rings. The van der Waals surface area contributed by atoms with Crippen LogP contribution in [0.1, 0.15) is 51.9 Å². The molecular formula is C17H33N3O2. The van der Waals surface area contributed by atoms with Gasteiger partial charge in [0.1, 0.15) is 0 Å². The molecule has 0 aliphatic carbocycles. The number of nitrogens with zero attached hydrogens (tertiary/aromatic N) is 2. The molecule has 0 radical (unpaired) electrons. The van der Waals surface area contributed by atoms with Crippen molar-refractivity contribution in [3.8, 4) is 0 Å². The van der Waals surface area contributed by atoms with Crippen LogP contribution in [-0.4, -0.2) is 67.8 Å². The summed E-state index contributed by atoms with van der Waals surface area (Å²) in [5.41, 5.74) is 0. The van der Waals surface area contributed by atoms with Crippen LogP contribution < -0.4 is 5.32 Å². The highest BCUT2D eigenvalue weighted by atomic mass is 16.5. The first kappa shape index (κ1) is 17.5. The van der Waals surface area contributed by atoms with Crippen LogP contribution in [0.5, 0.6) is 0 Å². The van der Waals surface area contributed by atoms with Gasteiger partial charge in [-0.25, -0.2) is 4.79 Å². The quantitative estimate of drug-likeness (QED) is 0.749. The summed E-state index contributed by atoms with van der Waals surface area (Å²) in [7, 11) is 0. The van der Waals surface area contributed by atoms with Gasteiger partial charge < -0.3 is 19.9 Å². The van der Waals surface area contributed by atoms with Gasteiger partial charge in [-0.15, -0.1) is 0 Å². The van der Waals surface area contributed by atoms with Crippen molar-refractivity contribution in [1.82, 2.24) is 15.1 Å². The summed E-state index contributed by atoms with van der Waals surface area (Å²) >= 11 is 0. The summed E-state index contributed by atoms with van der Waals surface area (Å²) in [6.07, 6.45) is 8.62. The molecule has 1 atom stereocenters. The van der Waals surface area contributed by atoms with Crippen molar-refractivity contribution in [3.05, 3.63) is 0 Å². The minimum Gasteiger partial charge on any atom is -0.378 e. The minimum absolute atomic E-state index is 0.0831. The maximum Gasteiger partial charge on any atom is 0.317 e. The molecule has 22 heavy (non-hydrogen) atoms. The van der Waals surface area contributed by atoms with Crippen LogP contribution >= 0.6 is 0 Å². The van der Waals surface area contributed by atoms with Crippen molar-refractivity contribution in [2.75, 3.05) is 45.9 Å². The molecule has 2 rings (SSSR count). The van der Waals surface area contributed by atoms with E-state index < -0.39 is 0 Å². The maximum absolute atomic E-state index is 12.2. The first-order chi connectivity index (χ1) is 10.8. The fourth-order valence-electron chi connectivity index (χ4n) is 3.38. The second-order valence-corrected chi connectivity index (χ2v) is 6.49. The first-order valence-electron chi connectivity index (χ1n) is 9.16. The lowest BCUT2D eigenvalue weighted by atomic mass is 10.1. The minimum atomic E-state index is 0.0831. The Hall–Kier alpha value is -0.810. The van der Waals surface area contributed by atoms with Crippen molar-refractivity contribution in [1.29, 1.82) is 0 Å². The number of likely N-dealkylation sites (tertiary alicyclic amines) is 1. The van der Waals surface area contributed by atoms with Crippen LogP contribution in [0.15, 0.2) is 0 Å². The molecule has 5 heteroatoms. The standard InChI is InChI=1S/C17H33N3O2/c1-2-20(14-7-13-19-11-4-5-12-19)17(21)18-10-9-16-8-3-6-15-22-16/h16H,2-15H2,1H3,(H,18,21)/t16-/m1/s1. The summed E-state index contributed by atoms with van der Waals surface area (Å²) in [6, 6.07) is 0.0831. The van der Waals surface area contributed by atoms with Gasteiger partial charge in [0.15, 0.2) is 0 Å². The number of ether oxygens (including phenoxy) is 1. The molecule has 2 amide bonds. The number of rotatable bonds is 8. The monoisotopic (exact) mass is 311 g/mol. The Morgan fingerprint density at radius 1 is 1.27 bits per heavy atom. The largest absolute Gasteiger partial charge is 0.378 e. The molecular weight excluding hydrogens is 278 g/mol. The number of amides is 2. The van der Waals surface area contributed by atoms with E-state index in [1.165, 1.54) is 38.8 Å². The normalized spacial score (nSPS) is 22.7. The maximum atomic E-state index is 12.2. The molecule has 128 valence electrons. The van der Waals surface area contributed by atoms with E-state index in [0.29, 0.717) is 6.10 Å². The lowest BCUT2D eigenvalue weighted by molar-refractivity contribution is 0.0118. The molecule has 0 saturated carbocycles. The van der Waals surface area contributed by atoms with Crippen LogP contribution in [0, 0.1) is 0 Å². The third kappa shape index (κ3) is 6.13. The molecule has 1 N–H and O–H groups in total. The molecule has 0 bridgehead atoms. The van der Waals surface area contributed by atoms with Crippen molar-refractivity contribution in [2.45, 2.75) is 58.0 Å². The molecule has 2 heterocycles. The number of carbonyl (C=O) groups is 1. The Balaban J connectivity index is 1.56. The summed E-state index contributed by atoms with van der Waals surface area (Å²) in [5, 5.41) is 3.05. The van der Waals surface area contributed by atoms with E-state index in [-0.39, 0.29) is 6.03 Å². The van der Waals surface area contributed by atoms with Crippen molar-refractivity contribution in [2.24, 2.45) is 0 Å². The lowest BCUT2D eigenvalue weighted by Crippen LogP contribution is -2.42. The number of carbonyl (C=O) groups excluding carboxylic acids is 1. The first-order valence-corrected chi connectivity index (χ1v) is 9.16. The number of nitrogens with one attached hydrogen (secondary N) is 1. The van der Waals surface area contributed by atoms with Crippen LogP contribution in [0.25, 0.3) is 0 Å². The Bertz CT molecular complexity index is 313. The molecule has 2 aliphatic heterocycles. The Morgan fingerprint density at radius 2 is 2.09 bits per heavy atom. The van der Waals surface area contributed by atoms with Crippen molar-refractivity contribution < 1.29 is 9.53 Å². The summed E-state index contributed by atoms with van der Waals surface area (Å²) in [5.74, 6) is 0. The van der Waals surface area contributed by atoms with Crippen LogP contribution in [-0.2, 0) is 4.74 Å². The summed E-state index contributed by atoms with van der Waals surface area (Å²) in [6.45, 7) is 8.91. The highest BCUT2D eigenvalue weighted by molar-refractivity contribution is 5.74. The van der Waals surface area contributed by atoms with Gasteiger partial charge >= 0.3 is 6.03 Å². The zero-order valence-electron chi connectivity index (χ0n) is 14.2. The average Bonchev–Trinajstić information content (AvgIpc) is 3.06. The second kappa shape index (κ2) is 10.1. The van der Waals surface area contributed by atoms with E-state index >= 15 is 0 Å². The second-order valence-electron chi connectivity index (χ2n) is 6.49. The average molecular weight is 311 g/mol. The zero-order valence-corrected chi connectivity index (χ0v) is 14.2. The van der Waals surface area contributed by atoms with Crippen LogP contribution in [0.4, 0.5) is 4.79 Å². The van der Waals surface area contributed by atoms with Gasteiger partial charge in [0.05, 0.1) is 6.10 Å². The number of hydrogen-bond acceptors (Lipinski definition) is 3.